The van der Waals surface area contributed by atoms with Gasteiger partial charge in [-0.3, -0.25) is 19.5 Å². The Kier molecular flexibility index (Phi) is 8.79. The molecule has 12 heteroatoms. The number of thiazole rings is 1. The molecule has 0 spiro atoms. The molecular weight excluding hydrogens is 638 g/mol. The lowest BCUT2D eigenvalue weighted by Gasteiger charge is -2.27. The Morgan fingerprint density at radius 2 is 2.02 bits per heavy atom. The normalized spacial score (nSPS) is 14.8. The number of methoxy groups -OCH3 is 1. The van der Waals surface area contributed by atoms with E-state index in [1.807, 2.05) is 19.1 Å². The molecule has 2 aromatic heterocycles. The first-order chi connectivity index (χ1) is 20.7. The van der Waals surface area contributed by atoms with Crippen molar-refractivity contribution < 1.29 is 23.6 Å². The first kappa shape index (κ1) is 30.2. The minimum atomic E-state index is -0.842. The molecule has 0 saturated heterocycles. The van der Waals surface area contributed by atoms with Gasteiger partial charge in [0.2, 0.25) is 0 Å². The molecule has 1 atom stereocenters. The molecule has 0 unspecified atom stereocenters. The number of nitrogens with zero attached hydrogens (tertiary/aromatic N) is 3. The smallest absolute Gasteiger partial charge is 0.338 e. The first-order valence-corrected chi connectivity index (χ1v) is 15.2. The summed E-state index contributed by atoms with van der Waals surface area (Å²) in [6.45, 7) is 5.56. The predicted molar refractivity (Wildman–Crippen MR) is 166 cm³/mol. The third kappa shape index (κ3) is 5.72. The predicted octanol–water partition coefficient (Wildman–Crippen LogP) is 5.83. The van der Waals surface area contributed by atoms with E-state index >= 15 is 0 Å². The zero-order chi connectivity index (χ0) is 30.8. The fraction of sp³-hybridized carbons (Fsp3) is 0.258. The maximum atomic E-state index is 14.1. The summed E-state index contributed by atoms with van der Waals surface area (Å²) in [7, 11) is 1.54. The quantitative estimate of drug-likeness (QED) is 0.125. The monoisotopic (exact) mass is 665 g/mol. The Hall–Kier alpha value is -4.29. The van der Waals surface area contributed by atoms with Crippen LogP contribution in [0.25, 0.3) is 17.4 Å². The van der Waals surface area contributed by atoms with Crippen LogP contribution < -0.4 is 19.6 Å². The molecule has 0 N–H and O–H groups in total. The lowest BCUT2D eigenvalue weighted by Crippen LogP contribution is -2.40. The van der Waals surface area contributed by atoms with Crippen LogP contribution in [0.15, 0.2) is 78.5 Å². The molecule has 2 aromatic carbocycles. The molecule has 3 heterocycles. The van der Waals surface area contributed by atoms with Crippen molar-refractivity contribution in [3.8, 4) is 17.1 Å². The molecule has 1 aliphatic rings. The van der Waals surface area contributed by atoms with Crippen molar-refractivity contribution in [3.63, 3.8) is 0 Å². The van der Waals surface area contributed by atoms with Crippen molar-refractivity contribution in [2.45, 2.75) is 39.7 Å². The molecule has 0 saturated carbocycles. The van der Waals surface area contributed by atoms with E-state index in [4.69, 9.17) is 18.9 Å². The molecule has 0 aliphatic carbocycles. The summed E-state index contributed by atoms with van der Waals surface area (Å²) >= 11 is 4.70. The molecule has 4 aromatic rings. The van der Waals surface area contributed by atoms with Gasteiger partial charge in [0.15, 0.2) is 4.80 Å². The highest BCUT2D eigenvalue weighted by Gasteiger charge is 2.36. The van der Waals surface area contributed by atoms with Gasteiger partial charge in [-0.15, -0.1) is 0 Å². The van der Waals surface area contributed by atoms with Gasteiger partial charge < -0.3 is 13.9 Å². The molecular formula is C31H28BrN3O7S. The van der Waals surface area contributed by atoms with Gasteiger partial charge in [-0.05, 0) is 50.6 Å². The lowest BCUT2D eigenvalue weighted by molar-refractivity contribution is -0.385. The zero-order valence-electron chi connectivity index (χ0n) is 23.9. The molecule has 0 radical (unpaired) electrons. The lowest BCUT2D eigenvalue weighted by atomic mass is 9.93. The topological polar surface area (TPSA) is 126 Å². The van der Waals surface area contributed by atoms with Gasteiger partial charge in [0.1, 0.15) is 23.3 Å². The van der Waals surface area contributed by atoms with Crippen molar-refractivity contribution in [1.82, 2.24) is 4.57 Å². The van der Waals surface area contributed by atoms with Gasteiger partial charge in [-0.2, -0.15) is 0 Å². The number of ether oxygens (including phenoxy) is 2. The van der Waals surface area contributed by atoms with Crippen LogP contribution in [0.2, 0.25) is 0 Å². The summed E-state index contributed by atoms with van der Waals surface area (Å²) in [5.41, 5.74) is 2.15. The molecule has 5 rings (SSSR count). The van der Waals surface area contributed by atoms with Crippen molar-refractivity contribution in [2.24, 2.45) is 4.99 Å². The maximum absolute atomic E-state index is 14.1. The van der Waals surface area contributed by atoms with Gasteiger partial charge in [0.25, 0.3) is 11.2 Å². The van der Waals surface area contributed by atoms with Gasteiger partial charge in [-0.1, -0.05) is 52.7 Å². The van der Waals surface area contributed by atoms with Gasteiger partial charge in [-0.25, -0.2) is 9.79 Å². The zero-order valence-corrected chi connectivity index (χ0v) is 26.3. The van der Waals surface area contributed by atoms with Gasteiger partial charge in [0.05, 0.1) is 34.4 Å². The summed E-state index contributed by atoms with van der Waals surface area (Å²) < 4.78 is 19.8. The summed E-state index contributed by atoms with van der Waals surface area (Å²) in [5, 5.41) is 11.4. The van der Waals surface area contributed by atoms with Crippen molar-refractivity contribution in [1.29, 1.82) is 0 Å². The number of benzene rings is 2. The van der Waals surface area contributed by atoms with Crippen LogP contribution in [0, 0.1) is 17.0 Å². The van der Waals surface area contributed by atoms with E-state index in [0.29, 0.717) is 61.0 Å². The van der Waals surface area contributed by atoms with E-state index in [9.17, 15) is 19.7 Å². The van der Waals surface area contributed by atoms with E-state index in [1.165, 1.54) is 29.1 Å². The molecule has 43 heavy (non-hydrogen) atoms. The number of furan rings is 1. The average Bonchev–Trinajstić information content (AvgIpc) is 3.56. The number of nitro groups is 1. The van der Waals surface area contributed by atoms with E-state index in [2.05, 4.69) is 15.9 Å². The SMILES string of the molecule is CCCC1=C(C(=O)OCC)[C@H](c2cc(Br)ccc2OC)n2c(s/c(=C/c3ccc(-c4cccc([N+](=O)[O-])c4C)o3)c2=O)=N1. The number of esters is 1. The van der Waals surface area contributed by atoms with Crippen LogP contribution in [0.5, 0.6) is 5.75 Å². The number of nitro benzene ring substituents is 1. The van der Waals surface area contributed by atoms with Crippen molar-refractivity contribution >= 4 is 45.0 Å². The molecule has 0 amide bonds. The Bertz CT molecular complexity index is 1950. The fourth-order valence-electron chi connectivity index (χ4n) is 5.13. The summed E-state index contributed by atoms with van der Waals surface area (Å²) in [5.74, 6) is 0.789. The molecule has 10 nitrogen and oxygen atoms in total. The van der Waals surface area contributed by atoms with Crippen LogP contribution >= 0.6 is 27.3 Å². The number of carbonyl (C=O) groups excluding carboxylic acids is 1. The Balaban J connectivity index is 1.70. The van der Waals surface area contributed by atoms with Crippen molar-refractivity contribution in [2.75, 3.05) is 13.7 Å². The van der Waals surface area contributed by atoms with Crippen LogP contribution in [-0.4, -0.2) is 29.2 Å². The minimum absolute atomic E-state index is 0.00739. The molecule has 0 bridgehead atoms. The first-order valence-electron chi connectivity index (χ1n) is 13.6. The molecule has 1 aliphatic heterocycles. The number of hydrogen-bond acceptors (Lipinski definition) is 9. The number of halogens is 1. The number of carbonyl (C=O) groups is 1. The van der Waals surface area contributed by atoms with E-state index in [1.54, 1.807) is 50.3 Å². The minimum Gasteiger partial charge on any atom is -0.496 e. The highest BCUT2D eigenvalue weighted by atomic mass is 79.9. The summed E-state index contributed by atoms with van der Waals surface area (Å²) in [6, 6.07) is 12.8. The second-order valence-electron chi connectivity index (χ2n) is 9.71. The van der Waals surface area contributed by atoms with Crippen LogP contribution in [0.1, 0.15) is 49.6 Å². The summed E-state index contributed by atoms with van der Waals surface area (Å²) in [6.07, 6.45) is 2.85. The number of hydrogen-bond donors (Lipinski definition) is 0. The highest BCUT2D eigenvalue weighted by molar-refractivity contribution is 9.10. The largest absolute Gasteiger partial charge is 0.496 e. The highest BCUT2D eigenvalue weighted by Crippen LogP contribution is 2.38. The third-order valence-electron chi connectivity index (χ3n) is 7.05. The van der Waals surface area contributed by atoms with E-state index in [0.717, 1.165) is 10.9 Å². The average molecular weight is 667 g/mol. The number of rotatable bonds is 9. The number of fused-ring (bicyclic) bond motifs is 1. The summed E-state index contributed by atoms with van der Waals surface area (Å²) in [4.78, 5) is 43.7. The Morgan fingerprint density at radius 3 is 2.72 bits per heavy atom. The van der Waals surface area contributed by atoms with Crippen LogP contribution in [0.4, 0.5) is 5.69 Å². The fourth-order valence-corrected chi connectivity index (χ4v) is 6.51. The number of allylic oxidation sites excluding steroid dienone is 1. The van der Waals surface area contributed by atoms with Crippen LogP contribution in [-0.2, 0) is 9.53 Å². The second kappa shape index (κ2) is 12.5. The van der Waals surface area contributed by atoms with Crippen LogP contribution in [0.3, 0.4) is 0 Å². The van der Waals surface area contributed by atoms with E-state index < -0.39 is 16.9 Å². The Morgan fingerprint density at radius 1 is 1.23 bits per heavy atom. The second-order valence-corrected chi connectivity index (χ2v) is 11.6. The van der Waals surface area contributed by atoms with Crippen molar-refractivity contribution in [3.05, 3.63) is 111 Å². The third-order valence-corrected chi connectivity index (χ3v) is 8.52. The maximum Gasteiger partial charge on any atom is 0.338 e. The van der Waals surface area contributed by atoms with Gasteiger partial charge in [0, 0.05) is 33.3 Å². The molecule has 0 fully saturated rings. The standard InChI is InChI=1S/C31H28BrN3O7S/c1-5-8-22-27(30(37)41-6-2)28(21-15-18(32)11-13-24(21)40-4)34-29(36)26(43-31(34)33-22)16-19-12-14-25(42-19)20-9-7-10-23(17(20)3)35(38)39/h7,9-16,28H,5-6,8H2,1-4H3/b26-16+/t28-/m0/s1. The van der Waals surface area contributed by atoms with Gasteiger partial charge >= 0.3 is 5.97 Å². The van der Waals surface area contributed by atoms with E-state index in [-0.39, 0.29) is 17.9 Å². The molecule has 222 valence electrons. The number of aromatic nitrogens is 1. The Labute approximate surface area is 258 Å².